The van der Waals surface area contributed by atoms with E-state index < -0.39 is 5.97 Å². The fourth-order valence-electron chi connectivity index (χ4n) is 4.44. The van der Waals surface area contributed by atoms with Crippen LogP contribution >= 0.6 is 11.6 Å². The predicted octanol–water partition coefficient (Wildman–Crippen LogP) is 4.80. The Morgan fingerprint density at radius 3 is 2.68 bits per heavy atom. The van der Waals surface area contributed by atoms with Crippen LogP contribution in [-0.4, -0.2) is 41.5 Å². The van der Waals surface area contributed by atoms with E-state index in [9.17, 15) is 14.7 Å². The Balaban J connectivity index is 1.63. The van der Waals surface area contributed by atoms with Crippen LogP contribution in [0.3, 0.4) is 0 Å². The molecule has 1 aromatic heterocycles. The van der Waals surface area contributed by atoms with E-state index in [1.165, 1.54) is 7.11 Å². The van der Waals surface area contributed by atoms with Crippen LogP contribution < -0.4 is 4.90 Å². The number of carbonyl (C=O) groups excluding carboxylic acids is 2. The zero-order valence-corrected chi connectivity index (χ0v) is 17.4. The number of hydrogen-bond donors (Lipinski definition) is 2. The summed E-state index contributed by atoms with van der Waals surface area (Å²) in [5.41, 5.74) is 2.87. The summed E-state index contributed by atoms with van der Waals surface area (Å²) in [5.74, 6) is -0.315. The van der Waals surface area contributed by atoms with Gasteiger partial charge in [-0.15, -0.1) is 11.6 Å². The van der Waals surface area contributed by atoms with E-state index in [0.717, 1.165) is 21.7 Å². The molecule has 0 spiro atoms. The first-order chi connectivity index (χ1) is 15.0. The van der Waals surface area contributed by atoms with E-state index in [2.05, 4.69) is 4.98 Å². The van der Waals surface area contributed by atoms with Gasteiger partial charge in [-0.25, -0.2) is 4.79 Å². The summed E-state index contributed by atoms with van der Waals surface area (Å²) in [4.78, 5) is 30.3. The maximum absolute atomic E-state index is 13.5. The molecule has 6 nitrogen and oxygen atoms in total. The molecule has 5 rings (SSSR count). The summed E-state index contributed by atoms with van der Waals surface area (Å²) in [6.07, 6.45) is 0. The number of hydrogen-bond acceptors (Lipinski definition) is 4. The lowest BCUT2D eigenvalue weighted by molar-refractivity contribution is 0.0602. The van der Waals surface area contributed by atoms with Gasteiger partial charge in [-0.05, 0) is 23.1 Å². The topological polar surface area (TPSA) is 82.6 Å². The van der Waals surface area contributed by atoms with Gasteiger partial charge in [-0.2, -0.15) is 0 Å². The van der Waals surface area contributed by atoms with Gasteiger partial charge < -0.3 is 19.7 Å². The number of ether oxygens (including phenoxy) is 1. The lowest BCUT2D eigenvalue weighted by Gasteiger charge is -2.17. The molecule has 0 bridgehead atoms. The molecular formula is C24H19ClN2O4. The van der Waals surface area contributed by atoms with Crippen molar-refractivity contribution in [3.05, 3.63) is 71.4 Å². The minimum Gasteiger partial charge on any atom is -0.507 e. The summed E-state index contributed by atoms with van der Waals surface area (Å²) in [6, 6.07) is 16.1. The molecule has 31 heavy (non-hydrogen) atoms. The molecule has 0 saturated carbocycles. The maximum atomic E-state index is 13.5. The van der Waals surface area contributed by atoms with Gasteiger partial charge in [-0.3, -0.25) is 4.79 Å². The SMILES string of the molecule is COC(=O)c1cccc2cc(C(=O)N3C[C@@H](CCl)c4c3cc(O)c3ccccc43)[nH]c12. The van der Waals surface area contributed by atoms with Crippen LogP contribution in [0.25, 0.3) is 21.7 Å². The number of halogens is 1. The maximum Gasteiger partial charge on any atom is 0.339 e. The molecule has 1 aliphatic rings. The standard InChI is InChI=1S/C24H19ClN2O4/c1-31-24(30)17-8-4-5-13-9-18(26-22(13)17)23(29)27-12-14(11-25)21-16-7-3-2-6-15(16)20(28)10-19(21)27/h2-10,14,26,28H,11-12H2,1H3/t14-/m1/s1. The van der Waals surface area contributed by atoms with Gasteiger partial charge in [0, 0.05) is 35.2 Å². The van der Waals surface area contributed by atoms with E-state index in [-0.39, 0.29) is 17.6 Å². The van der Waals surface area contributed by atoms with Crippen molar-refractivity contribution < 1.29 is 19.4 Å². The van der Waals surface area contributed by atoms with Crippen molar-refractivity contribution in [2.24, 2.45) is 0 Å². The van der Waals surface area contributed by atoms with Crippen LogP contribution in [0.1, 0.15) is 32.3 Å². The lowest BCUT2D eigenvalue weighted by atomic mass is 9.95. The third-order valence-corrected chi connectivity index (χ3v) is 6.24. The zero-order valence-electron chi connectivity index (χ0n) is 16.7. The Morgan fingerprint density at radius 2 is 1.94 bits per heavy atom. The number of esters is 1. The molecular weight excluding hydrogens is 416 g/mol. The Morgan fingerprint density at radius 1 is 1.16 bits per heavy atom. The Hall–Kier alpha value is -3.51. The summed E-state index contributed by atoms with van der Waals surface area (Å²) in [5, 5.41) is 12.9. The number of aromatic hydroxyl groups is 1. The first-order valence-electron chi connectivity index (χ1n) is 9.86. The number of rotatable bonds is 3. The molecule has 2 N–H and O–H groups in total. The van der Waals surface area contributed by atoms with Crippen LogP contribution in [0.2, 0.25) is 0 Å². The highest BCUT2D eigenvalue weighted by Crippen LogP contribution is 2.45. The zero-order chi connectivity index (χ0) is 21.7. The number of H-pyrrole nitrogens is 1. The quantitative estimate of drug-likeness (QED) is 0.358. The molecule has 0 radical (unpaired) electrons. The lowest BCUT2D eigenvalue weighted by Crippen LogP contribution is -2.30. The molecule has 7 heteroatoms. The minimum absolute atomic E-state index is 0.0545. The number of fused-ring (bicyclic) bond motifs is 4. The number of nitrogens with zero attached hydrogens (tertiary/aromatic N) is 1. The monoisotopic (exact) mass is 434 g/mol. The number of aromatic amines is 1. The van der Waals surface area contributed by atoms with Gasteiger partial charge in [0.15, 0.2) is 0 Å². The molecule has 1 atom stereocenters. The number of amides is 1. The van der Waals surface area contributed by atoms with Gasteiger partial charge >= 0.3 is 5.97 Å². The van der Waals surface area contributed by atoms with E-state index in [1.54, 1.807) is 29.2 Å². The molecule has 1 amide bonds. The van der Waals surface area contributed by atoms with Crippen LogP contribution in [0, 0.1) is 0 Å². The molecule has 4 aromatic rings. The fraction of sp³-hybridized carbons (Fsp3) is 0.167. The third-order valence-electron chi connectivity index (χ3n) is 5.87. The molecule has 0 fully saturated rings. The Bertz CT molecular complexity index is 1360. The highest BCUT2D eigenvalue weighted by atomic mass is 35.5. The molecule has 1 aliphatic heterocycles. The molecule has 0 aliphatic carbocycles. The third kappa shape index (κ3) is 2.94. The van der Waals surface area contributed by atoms with E-state index in [0.29, 0.717) is 34.9 Å². The average molecular weight is 435 g/mol. The van der Waals surface area contributed by atoms with E-state index >= 15 is 0 Å². The molecule has 156 valence electrons. The first kappa shape index (κ1) is 19.5. The van der Waals surface area contributed by atoms with Crippen molar-refractivity contribution in [3.63, 3.8) is 0 Å². The molecule has 0 unspecified atom stereocenters. The van der Waals surface area contributed by atoms with Crippen LogP contribution in [0.15, 0.2) is 54.6 Å². The van der Waals surface area contributed by atoms with Gasteiger partial charge in [0.25, 0.3) is 5.91 Å². The van der Waals surface area contributed by atoms with Crippen molar-refractivity contribution in [3.8, 4) is 5.75 Å². The minimum atomic E-state index is -0.475. The number of benzene rings is 3. The number of methoxy groups -OCH3 is 1. The van der Waals surface area contributed by atoms with Gasteiger partial charge in [-0.1, -0.05) is 36.4 Å². The van der Waals surface area contributed by atoms with Gasteiger partial charge in [0.2, 0.25) is 0 Å². The van der Waals surface area contributed by atoms with Gasteiger partial charge in [0.1, 0.15) is 11.4 Å². The number of phenols is 1. The number of nitrogens with one attached hydrogen (secondary N) is 1. The summed E-state index contributed by atoms with van der Waals surface area (Å²) in [7, 11) is 1.32. The summed E-state index contributed by atoms with van der Waals surface area (Å²) >= 11 is 6.27. The molecule has 3 aromatic carbocycles. The Labute approximate surface area is 183 Å². The second-order valence-electron chi connectivity index (χ2n) is 7.59. The first-order valence-corrected chi connectivity index (χ1v) is 10.4. The number of carbonyl (C=O) groups is 2. The van der Waals surface area contributed by atoms with Crippen LogP contribution in [0.4, 0.5) is 5.69 Å². The van der Waals surface area contributed by atoms with E-state index in [4.69, 9.17) is 16.3 Å². The van der Waals surface area contributed by atoms with Crippen molar-refractivity contribution in [1.29, 1.82) is 0 Å². The highest BCUT2D eigenvalue weighted by Gasteiger charge is 2.35. The number of phenolic OH excluding ortho intramolecular Hbond substituents is 1. The highest BCUT2D eigenvalue weighted by molar-refractivity contribution is 6.19. The second kappa shape index (κ2) is 7.32. The molecule has 0 saturated heterocycles. The van der Waals surface area contributed by atoms with Crippen molar-refractivity contribution in [2.75, 3.05) is 24.4 Å². The number of para-hydroxylation sites is 1. The number of aromatic nitrogens is 1. The van der Waals surface area contributed by atoms with Crippen molar-refractivity contribution >= 4 is 50.8 Å². The molecule has 2 heterocycles. The smallest absolute Gasteiger partial charge is 0.339 e. The van der Waals surface area contributed by atoms with Crippen molar-refractivity contribution in [1.82, 2.24) is 4.98 Å². The largest absolute Gasteiger partial charge is 0.507 e. The Kier molecular flexibility index (Phi) is 4.59. The van der Waals surface area contributed by atoms with Crippen LogP contribution in [-0.2, 0) is 4.74 Å². The van der Waals surface area contributed by atoms with E-state index in [1.807, 2.05) is 30.3 Å². The van der Waals surface area contributed by atoms with Gasteiger partial charge in [0.05, 0.1) is 23.9 Å². The summed E-state index contributed by atoms with van der Waals surface area (Å²) < 4.78 is 4.85. The number of anilines is 1. The predicted molar refractivity (Wildman–Crippen MR) is 120 cm³/mol. The average Bonchev–Trinajstić information content (AvgIpc) is 3.40. The fourth-order valence-corrected chi connectivity index (χ4v) is 4.69. The summed E-state index contributed by atoms with van der Waals surface area (Å²) in [6.45, 7) is 0.407. The second-order valence-corrected chi connectivity index (χ2v) is 7.89. The normalized spacial score (nSPS) is 15.4. The number of alkyl halides is 1. The van der Waals surface area contributed by atoms with Crippen LogP contribution in [0.5, 0.6) is 5.75 Å². The van der Waals surface area contributed by atoms with Crippen molar-refractivity contribution in [2.45, 2.75) is 5.92 Å².